The van der Waals surface area contributed by atoms with E-state index in [4.69, 9.17) is 12.2 Å². The van der Waals surface area contributed by atoms with Crippen LogP contribution in [0.4, 0.5) is 17.3 Å². The Balaban J connectivity index is 1.33. The largest absolute Gasteiger partial charge is 0.345 e. The number of hydrogen-bond acceptors (Lipinski definition) is 7. The highest BCUT2D eigenvalue weighted by molar-refractivity contribution is 7.81. The zero-order valence-electron chi connectivity index (χ0n) is 16.8. The van der Waals surface area contributed by atoms with Gasteiger partial charge in [-0.3, -0.25) is 9.97 Å². The van der Waals surface area contributed by atoms with Crippen molar-refractivity contribution in [3.05, 3.63) is 97.3 Å². The fraction of sp³-hybridized carbons (Fsp3) is 0. The lowest BCUT2D eigenvalue weighted by Crippen LogP contribution is -2.12. The summed E-state index contributed by atoms with van der Waals surface area (Å²) in [6.45, 7) is 0. The molecule has 0 unspecified atom stereocenters. The second kappa shape index (κ2) is 8.83. The number of nitrogens with zero attached hydrogens (tertiary/aromatic N) is 5. The molecule has 0 radical (unpaired) electrons. The lowest BCUT2D eigenvalue weighted by molar-refractivity contribution is 1.16. The van der Waals surface area contributed by atoms with Crippen LogP contribution in [0.3, 0.4) is 0 Å². The Morgan fingerprint density at radius 3 is 2.59 bits per heavy atom. The van der Waals surface area contributed by atoms with E-state index in [1.165, 1.54) is 0 Å². The average molecular weight is 436 g/mol. The van der Waals surface area contributed by atoms with Crippen molar-refractivity contribution in [2.75, 3.05) is 10.6 Å². The Bertz CT molecular complexity index is 1410. The van der Waals surface area contributed by atoms with Crippen LogP contribution in [0.5, 0.6) is 0 Å². The third-order valence-corrected chi connectivity index (χ3v) is 5.02. The van der Waals surface area contributed by atoms with Crippen LogP contribution in [-0.2, 0) is 0 Å². The van der Waals surface area contributed by atoms with Crippen LogP contribution < -0.4 is 10.6 Å². The maximum atomic E-state index is 5.57. The summed E-state index contributed by atoms with van der Waals surface area (Å²) in [6.07, 6.45) is 8.72. The minimum absolute atomic E-state index is 0.496. The van der Waals surface area contributed by atoms with Crippen molar-refractivity contribution in [1.29, 1.82) is 0 Å². The second-order valence-corrected chi connectivity index (χ2v) is 7.34. The van der Waals surface area contributed by atoms with Crippen molar-refractivity contribution in [1.82, 2.24) is 24.9 Å². The summed E-state index contributed by atoms with van der Waals surface area (Å²) in [7, 11) is 0. The Hall–Kier alpha value is -4.30. The summed E-state index contributed by atoms with van der Waals surface area (Å²) < 4.78 is 0. The predicted molar refractivity (Wildman–Crippen MR) is 130 cm³/mol. The molecular weight excluding hydrogens is 418 g/mol. The summed E-state index contributed by atoms with van der Waals surface area (Å²) in [4.78, 5) is 22.3. The van der Waals surface area contributed by atoms with Gasteiger partial charge in [-0.1, -0.05) is 18.3 Å². The zero-order valence-corrected chi connectivity index (χ0v) is 17.6. The van der Waals surface area contributed by atoms with Crippen molar-refractivity contribution in [3.8, 4) is 11.3 Å². The highest BCUT2D eigenvalue weighted by Gasteiger charge is 2.07. The maximum absolute atomic E-state index is 5.57. The zero-order chi connectivity index (χ0) is 21.8. The summed E-state index contributed by atoms with van der Waals surface area (Å²) in [5, 5.41) is 7.46. The molecule has 32 heavy (non-hydrogen) atoms. The first-order valence-electron chi connectivity index (χ1n) is 9.87. The summed E-state index contributed by atoms with van der Waals surface area (Å²) >= 11 is 5.57. The van der Waals surface area contributed by atoms with Gasteiger partial charge in [0.25, 0.3) is 0 Å². The van der Waals surface area contributed by atoms with Gasteiger partial charge in [-0.15, -0.1) is 0 Å². The monoisotopic (exact) mass is 435 g/mol. The molecular formula is C24H17N7S. The summed E-state index contributed by atoms with van der Waals surface area (Å²) in [5.74, 6) is 0.496. The van der Waals surface area contributed by atoms with Gasteiger partial charge in [0, 0.05) is 53.3 Å². The second-order valence-electron chi connectivity index (χ2n) is 6.93. The normalized spacial score (nSPS) is 10.6. The summed E-state index contributed by atoms with van der Waals surface area (Å²) in [6, 6.07) is 19.2. The molecule has 7 nitrogen and oxygen atoms in total. The van der Waals surface area contributed by atoms with E-state index in [1.807, 2.05) is 60.7 Å². The molecule has 0 saturated heterocycles. The first-order chi connectivity index (χ1) is 15.7. The van der Waals surface area contributed by atoms with E-state index < -0.39 is 0 Å². The van der Waals surface area contributed by atoms with Crippen LogP contribution in [0.25, 0.3) is 22.2 Å². The highest BCUT2D eigenvalue weighted by Crippen LogP contribution is 2.21. The lowest BCUT2D eigenvalue weighted by Gasteiger charge is -2.11. The molecule has 0 aliphatic heterocycles. The number of hydrogen-bond donors (Lipinski definition) is 2. The van der Waals surface area contributed by atoms with Gasteiger partial charge in [-0.2, -0.15) is 0 Å². The van der Waals surface area contributed by atoms with Crippen LogP contribution in [0.2, 0.25) is 0 Å². The maximum Gasteiger partial charge on any atom is 0.227 e. The SMILES string of the molecule is S=C(Nc1cccc(Nc2nccc(-c3cccnc3)n2)c1)c1ccc2cnccc2n1. The Morgan fingerprint density at radius 2 is 1.69 bits per heavy atom. The average Bonchev–Trinajstić information content (AvgIpc) is 2.85. The molecule has 8 heteroatoms. The van der Waals surface area contributed by atoms with Gasteiger partial charge < -0.3 is 10.6 Å². The molecule has 0 atom stereocenters. The van der Waals surface area contributed by atoms with E-state index in [1.54, 1.807) is 31.0 Å². The molecule has 5 rings (SSSR count). The number of aromatic nitrogens is 5. The van der Waals surface area contributed by atoms with Gasteiger partial charge in [0.15, 0.2) is 0 Å². The fourth-order valence-corrected chi connectivity index (χ4v) is 3.42. The third-order valence-electron chi connectivity index (χ3n) is 4.71. The first kappa shape index (κ1) is 19.7. The molecule has 4 aromatic heterocycles. The minimum Gasteiger partial charge on any atom is -0.345 e. The first-order valence-corrected chi connectivity index (χ1v) is 10.3. The lowest BCUT2D eigenvalue weighted by atomic mass is 10.2. The molecule has 0 bridgehead atoms. The van der Waals surface area contributed by atoms with Gasteiger partial charge in [-0.25, -0.2) is 15.0 Å². The fourth-order valence-electron chi connectivity index (χ4n) is 3.18. The van der Waals surface area contributed by atoms with E-state index in [0.717, 1.165) is 33.5 Å². The molecule has 1 aromatic carbocycles. The van der Waals surface area contributed by atoms with Gasteiger partial charge in [0.05, 0.1) is 16.9 Å². The van der Waals surface area contributed by atoms with Gasteiger partial charge in [-0.05, 0) is 54.6 Å². The number of pyridine rings is 3. The smallest absolute Gasteiger partial charge is 0.227 e. The Labute approximate surface area is 189 Å². The van der Waals surface area contributed by atoms with E-state index >= 15 is 0 Å². The molecule has 0 saturated carbocycles. The number of rotatable bonds is 5. The molecule has 4 heterocycles. The molecule has 0 aliphatic rings. The molecule has 0 amide bonds. The molecule has 2 N–H and O–H groups in total. The molecule has 0 fully saturated rings. The van der Waals surface area contributed by atoms with Crippen molar-refractivity contribution >= 4 is 45.4 Å². The number of anilines is 3. The minimum atomic E-state index is 0.496. The van der Waals surface area contributed by atoms with Crippen molar-refractivity contribution in [2.45, 2.75) is 0 Å². The van der Waals surface area contributed by atoms with Crippen molar-refractivity contribution in [2.24, 2.45) is 0 Å². The quantitative estimate of drug-likeness (QED) is 0.372. The topological polar surface area (TPSA) is 88.5 Å². The molecule has 0 aliphatic carbocycles. The molecule has 154 valence electrons. The van der Waals surface area contributed by atoms with Gasteiger partial charge in [0.2, 0.25) is 5.95 Å². The number of thiocarbonyl (C=S) groups is 1. The van der Waals surface area contributed by atoms with Crippen molar-refractivity contribution < 1.29 is 0 Å². The van der Waals surface area contributed by atoms with E-state index in [-0.39, 0.29) is 0 Å². The van der Waals surface area contributed by atoms with Crippen LogP contribution in [0.15, 0.2) is 91.6 Å². The van der Waals surface area contributed by atoms with Crippen LogP contribution >= 0.6 is 12.2 Å². The predicted octanol–water partition coefficient (Wildman–Crippen LogP) is 5.01. The van der Waals surface area contributed by atoms with Crippen LogP contribution in [-0.4, -0.2) is 29.9 Å². The van der Waals surface area contributed by atoms with Gasteiger partial charge in [0.1, 0.15) is 4.99 Å². The van der Waals surface area contributed by atoms with E-state index in [0.29, 0.717) is 16.6 Å². The summed E-state index contributed by atoms with van der Waals surface area (Å²) in [5.41, 5.74) is 4.94. The third kappa shape index (κ3) is 4.40. The Morgan fingerprint density at radius 1 is 0.781 bits per heavy atom. The van der Waals surface area contributed by atoms with Gasteiger partial charge >= 0.3 is 0 Å². The van der Waals surface area contributed by atoms with E-state index in [9.17, 15) is 0 Å². The number of benzene rings is 1. The Kier molecular flexibility index (Phi) is 5.42. The van der Waals surface area contributed by atoms with E-state index in [2.05, 4.69) is 35.6 Å². The van der Waals surface area contributed by atoms with Crippen LogP contribution in [0.1, 0.15) is 5.69 Å². The van der Waals surface area contributed by atoms with Crippen LogP contribution in [0, 0.1) is 0 Å². The standard InChI is InChI=1S/C24H17N7S/c32-23(22-7-6-17-15-26-11-8-20(17)30-22)28-18-4-1-5-19(13-18)29-24-27-12-9-21(31-24)16-3-2-10-25-14-16/h1-15H,(H,28,32)(H,27,29,31). The molecule has 5 aromatic rings. The molecule has 0 spiro atoms. The van der Waals surface area contributed by atoms with Crippen molar-refractivity contribution in [3.63, 3.8) is 0 Å². The number of fused-ring (bicyclic) bond motifs is 1. The highest BCUT2D eigenvalue weighted by atomic mass is 32.1. The number of nitrogens with one attached hydrogen (secondary N) is 2.